The minimum atomic E-state index is -0.00264. The van der Waals surface area contributed by atoms with E-state index < -0.39 is 0 Å². The van der Waals surface area contributed by atoms with Gasteiger partial charge in [0.25, 0.3) is 0 Å². The lowest BCUT2D eigenvalue weighted by atomic mass is 9.76. The molecule has 2 atom stereocenters. The fourth-order valence-electron chi connectivity index (χ4n) is 2.94. The minimum absolute atomic E-state index is 0.00264. The first-order valence-corrected chi connectivity index (χ1v) is 6.20. The molecule has 0 aromatic heterocycles. The van der Waals surface area contributed by atoms with Crippen molar-refractivity contribution < 1.29 is 9.59 Å². The monoisotopic (exact) mass is 229 g/mol. The van der Waals surface area contributed by atoms with Crippen molar-refractivity contribution in [1.82, 2.24) is 0 Å². The van der Waals surface area contributed by atoms with Crippen molar-refractivity contribution in [3.05, 3.63) is 30.3 Å². The van der Waals surface area contributed by atoms with Gasteiger partial charge in [0.2, 0.25) is 11.8 Å². The van der Waals surface area contributed by atoms with Gasteiger partial charge in [0.05, 0.1) is 5.69 Å². The third-order valence-corrected chi connectivity index (χ3v) is 3.83. The number of anilines is 1. The average Bonchev–Trinajstić information content (AvgIpc) is 2.39. The Morgan fingerprint density at radius 3 is 2.12 bits per heavy atom. The lowest BCUT2D eigenvalue weighted by molar-refractivity contribution is -0.137. The molecule has 0 unspecified atom stereocenters. The number of hydrogen-bond donors (Lipinski definition) is 0. The largest absolute Gasteiger partial charge is 0.274 e. The van der Waals surface area contributed by atoms with Gasteiger partial charge in [-0.1, -0.05) is 24.6 Å². The molecule has 88 valence electrons. The van der Waals surface area contributed by atoms with E-state index in [1.807, 2.05) is 30.3 Å². The summed E-state index contributed by atoms with van der Waals surface area (Å²) in [5.74, 6) is 0.118. The third kappa shape index (κ3) is 1.66. The van der Waals surface area contributed by atoms with Gasteiger partial charge in [-0.15, -0.1) is 0 Å². The molecule has 1 heterocycles. The number of para-hydroxylation sites is 1. The van der Waals surface area contributed by atoms with Crippen LogP contribution in [-0.4, -0.2) is 11.8 Å². The molecule has 1 aromatic rings. The first-order chi connectivity index (χ1) is 8.27. The second-order valence-corrected chi connectivity index (χ2v) is 4.91. The van der Waals surface area contributed by atoms with Crippen LogP contribution in [0.15, 0.2) is 30.3 Å². The first-order valence-electron chi connectivity index (χ1n) is 6.20. The Balaban J connectivity index is 1.98. The fraction of sp³-hybridized carbons (Fsp3) is 0.429. The number of carbonyl (C=O) groups is 2. The van der Waals surface area contributed by atoms with Crippen LogP contribution in [0.1, 0.15) is 25.7 Å². The van der Waals surface area contributed by atoms with Gasteiger partial charge in [0.15, 0.2) is 0 Å². The van der Waals surface area contributed by atoms with Crippen molar-refractivity contribution >= 4 is 17.5 Å². The van der Waals surface area contributed by atoms with Crippen molar-refractivity contribution in [2.24, 2.45) is 11.8 Å². The zero-order valence-corrected chi connectivity index (χ0v) is 9.63. The van der Waals surface area contributed by atoms with E-state index in [4.69, 9.17) is 0 Å². The third-order valence-electron chi connectivity index (χ3n) is 3.83. The SMILES string of the molecule is O=C1[C@@H]2CCC[C@@H](C2)C(=O)N1c1ccccc1. The molecule has 1 aromatic carbocycles. The molecule has 1 aliphatic heterocycles. The van der Waals surface area contributed by atoms with Crippen LogP contribution >= 0.6 is 0 Å². The van der Waals surface area contributed by atoms with Gasteiger partial charge in [0, 0.05) is 11.8 Å². The van der Waals surface area contributed by atoms with Gasteiger partial charge in [-0.2, -0.15) is 0 Å². The highest BCUT2D eigenvalue weighted by molar-refractivity contribution is 6.18. The summed E-state index contributed by atoms with van der Waals surface area (Å²) < 4.78 is 0. The highest BCUT2D eigenvalue weighted by Crippen LogP contribution is 2.37. The molecule has 2 fully saturated rings. The van der Waals surface area contributed by atoms with Gasteiger partial charge in [-0.05, 0) is 31.4 Å². The molecule has 3 nitrogen and oxygen atoms in total. The zero-order valence-electron chi connectivity index (χ0n) is 9.63. The molecule has 1 saturated carbocycles. The van der Waals surface area contributed by atoms with Crippen molar-refractivity contribution in [2.45, 2.75) is 25.7 Å². The topological polar surface area (TPSA) is 37.4 Å². The molecular weight excluding hydrogens is 214 g/mol. The van der Waals surface area contributed by atoms with Crippen LogP contribution in [0.2, 0.25) is 0 Å². The van der Waals surface area contributed by atoms with Crippen LogP contribution in [0.3, 0.4) is 0 Å². The lowest BCUT2D eigenvalue weighted by Gasteiger charge is -2.38. The van der Waals surface area contributed by atoms with Crippen LogP contribution in [0, 0.1) is 11.8 Å². The number of benzene rings is 1. The quantitative estimate of drug-likeness (QED) is 0.693. The standard InChI is InChI=1S/C14H15NO2/c16-13-10-5-4-6-11(9-10)14(17)15(13)12-7-2-1-3-8-12/h1-3,7-8,10-11H,4-6,9H2/t10-,11+. The van der Waals surface area contributed by atoms with Crippen LogP contribution in [0.5, 0.6) is 0 Å². The molecule has 2 bridgehead atoms. The highest BCUT2D eigenvalue weighted by Gasteiger charge is 2.43. The van der Waals surface area contributed by atoms with E-state index in [-0.39, 0.29) is 23.7 Å². The molecule has 2 aliphatic rings. The Hall–Kier alpha value is -1.64. The second-order valence-electron chi connectivity index (χ2n) is 4.91. The van der Waals surface area contributed by atoms with Crippen LogP contribution < -0.4 is 4.90 Å². The van der Waals surface area contributed by atoms with Crippen molar-refractivity contribution in [3.8, 4) is 0 Å². The summed E-state index contributed by atoms with van der Waals surface area (Å²) in [5, 5.41) is 0. The van der Waals surface area contributed by atoms with E-state index in [0.717, 1.165) is 31.4 Å². The predicted octanol–water partition coefficient (Wildman–Crippen LogP) is 2.37. The number of imide groups is 1. The van der Waals surface area contributed by atoms with E-state index in [2.05, 4.69) is 0 Å². The summed E-state index contributed by atoms with van der Waals surface area (Å²) in [7, 11) is 0. The molecule has 0 N–H and O–H groups in total. The van der Waals surface area contributed by atoms with Gasteiger partial charge in [-0.25, -0.2) is 0 Å². The van der Waals surface area contributed by atoms with E-state index in [0.29, 0.717) is 0 Å². The second kappa shape index (κ2) is 3.99. The maximum atomic E-state index is 12.3. The Bertz CT molecular complexity index is 433. The number of amides is 2. The fourth-order valence-corrected chi connectivity index (χ4v) is 2.94. The van der Waals surface area contributed by atoms with Gasteiger partial charge < -0.3 is 0 Å². The molecule has 0 radical (unpaired) electrons. The van der Waals surface area contributed by atoms with Crippen molar-refractivity contribution in [1.29, 1.82) is 0 Å². The number of hydrogen-bond acceptors (Lipinski definition) is 2. The van der Waals surface area contributed by atoms with Crippen LogP contribution in [0.4, 0.5) is 5.69 Å². The summed E-state index contributed by atoms with van der Waals surface area (Å²) in [6.45, 7) is 0. The van der Waals surface area contributed by atoms with E-state index >= 15 is 0 Å². The summed E-state index contributed by atoms with van der Waals surface area (Å²) >= 11 is 0. The normalized spacial score (nSPS) is 28.4. The molecule has 1 saturated heterocycles. The molecule has 2 amide bonds. The van der Waals surface area contributed by atoms with Crippen LogP contribution in [0.25, 0.3) is 0 Å². The number of rotatable bonds is 1. The van der Waals surface area contributed by atoms with E-state index in [1.54, 1.807) is 0 Å². The van der Waals surface area contributed by atoms with Gasteiger partial charge in [-0.3, -0.25) is 14.5 Å². The predicted molar refractivity (Wildman–Crippen MR) is 64.4 cm³/mol. The maximum Gasteiger partial charge on any atom is 0.236 e. The minimum Gasteiger partial charge on any atom is -0.274 e. The molecule has 1 aliphatic carbocycles. The Kier molecular flexibility index (Phi) is 2.46. The molecule has 17 heavy (non-hydrogen) atoms. The summed E-state index contributed by atoms with van der Waals surface area (Å²) in [6, 6.07) is 9.28. The summed E-state index contributed by atoms with van der Waals surface area (Å²) in [6.07, 6.45) is 3.65. The molecular formula is C14H15NO2. The first kappa shape index (κ1) is 10.5. The van der Waals surface area contributed by atoms with Crippen molar-refractivity contribution in [2.75, 3.05) is 4.90 Å². The zero-order chi connectivity index (χ0) is 11.8. The van der Waals surface area contributed by atoms with E-state index in [9.17, 15) is 9.59 Å². The number of carbonyl (C=O) groups excluding carboxylic acids is 2. The Morgan fingerprint density at radius 2 is 1.53 bits per heavy atom. The number of nitrogens with zero attached hydrogens (tertiary/aromatic N) is 1. The number of fused-ring (bicyclic) bond motifs is 2. The van der Waals surface area contributed by atoms with Gasteiger partial charge >= 0.3 is 0 Å². The van der Waals surface area contributed by atoms with E-state index in [1.165, 1.54) is 4.90 Å². The molecule has 0 spiro atoms. The summed E-state index contributed by atoms with van der Waals surface area (Å²) in [5.41, 5.74) is 0.721. The Morgan fingerprint density at radius 1 is 0.941 bits per heavy atom. The average molecular weight is 229 g/mol. The Labute approximate surface area is 100 Å². The molecule has 3 rings (SSSR count). The van der Waals surface area contributed by atoms with Crippen molar-refractivity contribution in [3.63, 3.8) is 0 Å². The van der Waals surface area contributed by atoms with Gasteiger partial charge in [0.1, 0.15) is 0 Å². The lowest BCUT2D eigenvalue weighted by Crippen LogP contribution is -2.51. The molecule has 3 heteroatoms. The highest BCUT2D eigenvalue weighted by atomic mass is 16.2. The smallest absolute Gasteiger partial charge is 0.236 e. The number of piperidine rings is 1. The summed E-state index contributed by atoms with van der Waals surface area (Å²) in [4.78, 5) is 25.9. The van der Waals surface area contributed by atoms with Crippen LogP contribution in [-0.2, 0) is 9.59 Å². The maximum absolute atomic E-state index is 12.3.